The lowest BCUT2D eigenvalue weighted by Crippen LogP contribution is -2.40. The van der Waals surface area contributed by atoms with E-state index in [2.05, 4.69) is 48.7 Å². The van der Waals surface area contributed by atoms with Crippen molar-refractivity contribution in [1.82, 2.24) is 5.32 Å². The minimum absolute atomic E-state index is 0.751. The van der Waals surface area contributed by atoms with Crippen molar-refractivity contribution in [3.63, 3.8) is 0 Å². The van der Waals surface area contributed by atoms with E-state index in [1.54, 1.807) is 0 Å². The molecule has 1 heterocycles. The first kappa shape index (κ1) is 8.52. The number of rotatable bonds is 2. The fourth-order valence-electron chi connectivity index (χ4n) is 1.37. The molecule has 0 saturated carbocycles. The van der Waals surface area contributed by atoms with Gasteiger partial charge in [-0.05, 0) is 12.5 Å². The van der Waals surface area contributed by atoms with Crippen LogP contribution in [0.3, 0.4) is 0 Å². The molecule has 0 spiro atoms. The molecule has 68 valence electrons. The van der Waals surface area contributed by atoms with Gasteiger partial charge in [0.25, 0.3) is 0 Å². The Bertz CT molecular complexity index is 293. The Morgan fingerprint density at radius 2 is 1.92 bits per heavy atom. The van der Waals surface area contributed by atoms with Crippen molar-refractivity contribution in [1.29, 1.82) is 0 Å². The van der Waals surface area contributed by atoms with Crippen LogP contribution in [0.15, 0.2) is 30.3 Å². The molecular weight excluding hydrogens is 158 g/mol. The number of hydrogen-bond donors (Lipinski definition) is 1. The summed E-state index contributed by atoms with van der Waals surface area (Å²) in [6, 6.07) is 8.63. The Morgan fingerprint density at radius 1 is 1.23 bits per heavy atom. The normalized spacial score (nSPS) is 17.6. The largest absolute Gasteiger partial charge is 0.315 e. The first-order chi connectivity index (χ1) is 6.34. The van der Waals surface area contributed by atoms with Crippen LogP contribution in [0.5, 0.6) is 0 Å². The summed E-state index contributed by atoms with van der Waals surface area (Å²) in [6.07, 6.45) is 4.51. The Balaban J connectivity index is 2.00. The van der Waals surface area contributed by atoms with E-state index in [0.717, 1.165) is 19.0 Å². The van der Waals surface area contributed by atoms with Gasteiger partial charge in [-0.15, -0.1) is 0 Å². The van der Waals surface area contributed by atoms with Crippen molar-refractivity contribution in [3.05, 3.63) is 41.5 Å². The highest BCUT2D eigenvalue weighted by atomic mass is 14.9. The number of nitrogens with one attached hydrogen (secondary N) is 1. The molecule has 1 N–H and O–H groups in total. The fraction of sp³-hybridized carbons (Fsp3) is 0.333. The summed E-state index contributed by atoms with van der Waals surface area (Å²) < 4.78 is 0. The Morgan fingerprint density at radius 3 is 2.46 bits per heavy atom. The van der Waals surface area contributed by atoms with Crippen LogP contribution >= 0.6 is 0 Å². The van der Waals surface area contributed by atoms with Crippen LogP contribution in [0, 0.1) is 12.8 Å². The lowest BCUT2D eigenvalue weighted by atomic mass is 10.0. The van der Waals surface area contributed by atoms with Gasteiger partial charge in [0, 0.05) is 19.0 Å². The zero-order valence-corrected chi connectivity index (χ0v) is 7.96. The molecule has 1 aromatic rings. The van der Waals surface area contributed by atoms with Gasteiger partial charge in [0.2, 0.25) is 0 Å². The topological polar surface area (TPSA) is 12.0 Å². The van der Waals surface area contributed by atoms with E-state index >= 15 is 0 Å². The van der Waals surface area contributed by atoms with Gasteiger partial charge >= 0.3 is 0 Å². The highest BCUT2D eigenvalue weighted by Crippen LogP contribution is 2.09. The highest BCUT2D eigenvalue weighted by Gasteiger charge is 2.11. The zero-order chi connectivity index (χ0) is 9.10. The van der Waals surface area contributed by atoms with Gasteiger partial charge in [-0.1, -0.05) is 42.0 Å². The van der Waals surface area contributed by atoms with Crippen molar-refractivity contribution in [2.75, 3.05) is 13.1 Å². The first-order valence-corrected chi connectivity index (χ1v) is 4.80. The summed E-state index contributed by atoms with van der Waals surface area (Å²) in [4.78, 5) is 0. The van der Waals surface area contributed by atoms with Gasteiger partial charge in [-0.25, -0.2) is 0 Å². The van der Waals surface area contributed by atoms with E-state index < -0.39 is 0 Å². The number of hydrogen-bond acceptors (Lipinski definition) is 1. The second kappa shape index (κ2) is 3.75. The summed E-state index contributed by atoms with van der Waals surface area (Å²) in [6.45, 7) is 4.40. The average molecular weight is 173 g/mol. The molecule has 1 fully saturated rings. The van der Waals surface area contributed by atoms with Crippen LogP contribution in [0.2, 0.25) is 0 Å². The van der Waals surface area contributed by atoms with Crippen LogP contribution in [-0.2, 0) is 0 Å². The molecule has 0 aromatic heterocycles. The standard InChI is InChI=1S/C12H15N/c1-10-2-4-11(5-3-10)6-7-12-8-13-9-12/h2-7,12-13H,8-9H2,1H3/b7-6+. The van der Waals surface area contributed by atoms with Gasteiger partial charge in [0.15, 0.2) is 0 Å². The molecule has 2 rings (SSSR count). The summed E-state index contributed by atoms with van der Waals surface area (Å²) in [7, 11) is 0. The van der Waals surface area contributed by atoms with Crippen LogP contribution in [0.4, 0.5) is 0 Å². The van der Waals surface area contributed by atoms with Crippen LogP contribution in [0.1, 0.15) is 11.1 Å². The minimum atomic E-state index is 0.751. The Kier molecular flexibility index (Phi) is 2.46. The van der Waals surface area contributed by atoms with Gasteiger partial charge in [-0.2, -0.15) is 0 Å². The van der Waals surface area contributed by atoms with Gasteiger partial charge in [-0.3, -0.25) is 0 Å². The molecule has 0 atom stereocenters. The second-order valence-electron chi connectivity index (χ2n) is 3.69. The lowest BCUT2D eigenvalue weighted by molar-refractivity contribution is 0.420. The van der Waals surface area contributed by atoms with E-state index in [9.17, 15) is 0 Å². The smallest absolute Gasteiger partial charge is 0.00267 e. The predicted molar refractivity (Wildman–Crippen MR) is 56.6 cm³/mol. The molecule has 0 radical (unpaired) electrons. The van der Waals surface area contributed by atoms with Gasteiger partial charge < -0.3 is 5.32 Å². The molecule has 1 heteroatoms. The molecule has 0 bridgehead atoms. The molecule has 0 unspecified atom stereocenters. The maximum absolute atomic E-state index is 3.26. The van der Waals surface area contributed by atoms with Gasteiger partial charge in [0.1, 0.15) is 0 Å². The third-order valence-corrected chi connectivity index (χ3v) is 2.45. The van der Waals surface area contributed by atoms with E-state index in [4.69, 9.17) is 0 Å². The number of benzene rings is 1. The van der Waals surface area contributed by atoms with Crippen molar-refractivity contribution in [2.45, 2.75) is 6.92 Å². The monoisotopic (exact) mass is 173 g/mol. The first-order valence-electron chi connectivity index (χ1n) is 4.80. The van der Waals surface area contributed by atoms with Crippen molar-refractivity contribution in [3.8, 4) is 0 Å². The van der Waals surface area contributed by atoms with Crippen molar-refractivity contribution < 1.29 is 0 Å². The lowest BCUT2D eigenvalue weighted by Gasteiger charge is -2.23. The third kappa shape index (κ3) is 2.19. The van der Waals surface area contributed by atoms with Gasteiger partial charge in [0.05, 0.1) is 0 Å². The molecule has 1 nitrogen and oxygen atoms in total. The third-order valence-electron chi connectivity index (χ3n) is 2.45. The quantitative estimate of drug-likeness (QED) is 0.723. The second-order valence-corrected chi connectivity index (χ2v) is 3.69. The summed E-state index contributed by atoms with van der Waals surface area (Å²) >= 11 is 0. The fourth-order valence-corrected chi connectivity index (χ4v) is 1.37. The van der Waals surface area contributed by atoms with E-state index in [1.165, 1.54) is 11.1 Å². The Hall–Kier alpha value is -1.08. The molecule has 0 amide bonds. The van der Waals surface area contributed by atoms with Crippen LogP contribution in [0.25, 0.3) is 6.08 Å². The maximum atomic E-state index is 3.26. The molecule has 0 aliphatic carbocycles. The minimum Gasteiger partial charge on any atom is -0.315 e. The summed E-state index contributed by atoms with van der Waals surface area (Å²) in [5.41, 5.74) is 2.62. The maximum Gasteiger partial charge on any atom is 0.00267 e. The van der Waals surface area contributed by atoms with Crippen LogP contribution < -0.4 is 5.32 Å². The summed E-state index contributed by atoms with van der Waals surface area (Å²) in [5, 5.41) is 3.26. The number of aryl methyl sites for hydroxylation is 1. The van der Waals surface area contributed by atoms with Crippen molar-refractivity contribution >= 4 is 6.08 Å². The molecule has 1 saturated heterocycles. The van der Waals surface area contributed by atoms with E-state index in [0.29, 0.717) is 0 Å². The summed E-state index contributed by atoms with van der Waals surface area (Å²) in [5.74, 6) is 0.751. The zero-order valence-electron chi connectivity index (χ0n) is 7.96. The molecular formula is C12H15N. The molecule has 1 aliphatic rings. The molecule has 1 aromatic carbocycles. The predicted octanol–water partition coefficient (Wildman–Crippen LogP) is 2.23. The Labute approximate surface area is 79.5 Å². The van der Waals surface area contributed by atoms with Crippen LogP contribution in [-0.4, -0.2) is 13.1 Å². The highest BCUT2D eigenvalue weighted by molar-refractivity contribution is 5.50. The average Bonchev–Trinajstić information content (AvgIpc) is 2.05. The van der Waals surface area contributed by atoms with Crippen molar-refractivity contribution in [2.24, 2.45) is 5.92 Å². The van der Waals surface area contributed by atoms with E-state index in [-0.39, 0.29) is 0 Å². The molecule has 13 heavy (non-hydrogen) atoms. The molecule has 1 aliphatic heterocycles. The SMILES string of the molecule is Cc1ccc(/C=C/C2CNC2)cc1. The van der Waals surface area contributed by atoms with E-state index in [1.807, 2.05) is 0 Å².